The lowest BCUT2D eigenvalue weighted by Crippen LogP contribution is -2.59. The summed E-state index contributed by atoms with van der Waals surface area (Å²) in [6, 6.07) is 1.98. The van der Waals surface area contributed by atoms with E-state index in [1.165, 1.54) is 17.3 Å². The molecule has 2 aliphatic heterocycles. The molecule has 1 spiro atoms. The molecule has 1 aliphatic carbocycles. The van der Waals surface area contributed by atoms with E-state index in [4.69, 9.17) is 9.97 Å². The minimum Gasteiger partial charge on any atom is -0.348 e. The van der Waals surface area contributed by atoms with E-state index < -0.39 is 0 Å². The minimum atomic E-state index is 0.0314. The lowest BCUT2D eigenvalue weighted by Gasteiger charge is -2.47. The fourth-order valence-corrected chi connectivity index (χ4v) is 5.99. The topological polar surface area (TPSA) is 79.2 Å². The van der Waals surface area contributed by atoms with Crippen LogP contribution in [0.3, 0.4) is 0 Å². The first kappa shape index (κ1) is 24.8. The molecule has 2 fully saturated rings. The van der Waals surface area contributed by atoms with Gasteiger partial charge in [0, 0.05) is 49.6 Å². The Morgan fingerprint density at radius 2 is 2.00 bits per heavy atom. The molecule has 0 bridgehead atoms. The van der Waals surface area contributed by atoms with E-state index in [-0.39, 0.29) is 22.9 Å². The zero-order valence-corrected chi connectivity index (χ0v) is 22.3. The Morgan fingerprint density at radius 3 is 2.69 bits per heavy atom. The van der Waals surface area contributed by atoms with Gasteiger partial charge in [0.25, 0.3) is 0 Å². The van der Waals surface area contributed by atoms with Crippen LogP contribution in [-0.4, -0.2) is 56.7 Å². The maximum atomic E-state index is 12.0. The average molecular weight is 492 g/mol. The number of likely N-dealkylation sites (tertiary alicyclic amines) is 1. The molecule has 1 N–H and O–H groups in total. The summed E-state index contributed by atoms with van der Waals surface area (Å²) in [4.78, 5) is 26.5. The normalized spacial score (nSPS) is 20.8. The Labute approximate surface area is 215 Å². The number of carbonyl (C=O) groups is 1. The van der Waals surface area contributed by atoms with Gasteiger partial charge in [-0.25, -0.2) is 4.98 Å². The van der Waals surface area contributed by atoms with Crippen LogP contribution in [0.1, 0.15) is 70.8 Å². The number of hydrogen-bond donors (Lipinski definition) is 1. The van der Waals surface area contributed by atoms with Crippen molar-refractivity contribution in [3.8, 4) is 0 Å². The highest BCUT2D eigenvalue weighted by Crippen LogP contribution is 2.42. The Morgan fingerprint density at radius 1 is 1.19 bits per heavy atom. The lowest BCUT2D eigenvalue weighted by atomic mass is 9.76. The number of aromatic nitrogens is 4. The van der Waals surface area contributed by atoms with Crippen molar-refractivity contribution in [1.82, 2.24) is 24.6 Å². The van der Waals surface area contributed by atoms with Crippen LogP contribution in [0.2, 0.25) is 0 Å². The van der Waals surface area contributed by atoms with Gasteiger partial charge >= 0.3 is 0 Å². The molecule has 1 amide bonds. The monoisotopic (exact) mass is 491 g/mol. The van der Waals surface area contributed by atoms with Crippen LogP contribution in [0.4, 0.5) is 11.8 Å². The van der Waals surface area contributed by atoms with Gasteiger partial charge in [-0.1, -0.05) is 34.3 Å². The number of anilines is 2. The third-order valence-corrected chi connectivity index (χ3v) is 8.20. The van der Waals surface area contributed by atoms with Gasteiger partial charge in [-0.2, -0.15) is 10.1 Å². The maximum absolute atomic E-state index is 12.0. The van der Waals surface area contributed by atoms with Gasteiger partial charge in [0.05, 0.1) is 5.69 Å². The molecule has 5 rings (SSSR count). The highest BCUT2D eigenvalue weighted by molar-refractivity contribution is 5.87. The highest BCUT2D eigenvalue weighted by atomic mass is 16.2. The number of nitrogens with zero attached hydrogens (tertiary/aromatic N) is 6. The Bertz CT molecular complexity index is 1100. The van der Waals surface area contributed by atoms with Crippen LogP contribution in [0.25, 0.3) is 0 Å². The molecule has 8 heteroatoms. The highest BCUT2D eigenvalue weighted by Gasteiger charge is 2.49. The van der Waals surface area contributed by atoms with Crippen LogP contribution in [-0.2, 0) is 17.6 Å². The van der Waals surface area contributed by atoms with Gasteiger partial charge < -0.3 is 15.1 Å². The van der Waals surface area contributed by atoms with Gasteiger partial charge in [-0.15, -0.1) is 0 Å². The molecule has 2 saturated heterocycles. The van der Waals surface area contributed by atoms with Crippen LogP contribution < -0.4 is 10.2 Å². The van der Waals surface area contributed by atoms with E-state index >= 15 is 0 Å². The van der Waals surface area contributed by atoms with Crippen molar-refractivity contribution in [2.24, 2.45) is 16.7 Å². The fraction of sp³-hybridized carbons (Fsp3) is 0.643. The van der Waals surface area contributed by atoms with E-state index in [2.05, 4.69) is 49.6 Å². The van der Waals surface area contributed by atoms with Gasteiger partial charge in [0.2, 0.25) is 11.9 Å². The maximum Gasteiger partial charge on any atom is 0.245 e. The van der Waals surface area contributed by atoms with Crippen molar-refractivity contribution >= 4 is 17.7 Å². The summed E-state index contributed by atoms with van der Waals surface area (Å²) in [6.45, 7) is 16.3. The van der Waals surface area contributed by atoms with Crippen molar-refractivity contribution in [2.75, 3.05) is 36.4 Å². The van der Waals surface area contributed by atoms with Crippen LogP contribution in [0.5, 0.6) is 0 Å². The summed E-state index contributed by atoms with van der Waals surface area (Å²) < 4.78 is 2.02. The first-order valence-corrected chi connectivity index (χ1v) is 13.5. The summed E-state index contributed by atoms with van der Waals surface area (Å²) in [5.74, 6) is 2.44. The largest absolute Gasteiger partial charge is 0.348 e. The molecule has 36 heavy (non-hydrogen) atoms. The molecule has 2 aromatic rings. The van der Waals surface area contributed by atoms with Crippen molar-refractivity contribution < 1.29 is 4.79 Å². The average Bonchev–Trinajstić information content (AvgIpc) is 3.49. The molecule has 194 valence electrons. The summed E-state index contributed by atoms with van der Waals surface area (Å²) in [5, 5.41) is 8.35. The van der Waals surface area contributed by atoms with E-state index in [9.17, 15) is 4.79 Å². The molecule has 4 heterocycles. The van der Waals surface area contributed by atoms with Gasteiger partial charge in [0.15, 0.2) is 0 Å². The first-order valence-electron chi connectivity index (χ1n) is 13.5. The summed E-state index contributed by atoms with van der Waals surface area (Å²) in [5.41, 5.74) is 2.83. The summed E-state index contributed by atoms with van der Waals surface area (Å²) in [7, 11) is 0. The molecule has 1 unspecified atom stereocenters. The molecule has 0 saturated carbocycles. The second kappa shape index (κ2) is 9.52. The number of carbonyl (C=O) groups excluding carboxylic acids is 1. The van der Waals surface area contributed by atoms with Crippen molar-refractivity contribution in [3.63, 3.8) is 0 Å². The van der Waals surface area contributed by atoms with E-state index in [0.29, 0.717) is 5.92 Å². The third-order valence-electron chi connectivity index (χ3n) is 8.20. The number of hydrogen-bond acceptors (Lipinski definition) is 6. The molecular weight excluding hydrogens is 450 g/mol. The van der Waals surface area contributed by atoms with Crippen LogP contribution in [0, 0.1) is 16.7 Å². The molecular formula is C28H41N7O. The summed E-state index contributed by atoms with van der Waals surface area (Å²) >= 11 is 0. The first-order chi connectivity index (χ1) is 17.2. The minimum absolute atomic E-state index is 0.0314. The smallest absolute Gasteiger partial charge is 0.245 e. The molecule has 8 nitrogen and oxygen atoms in total. The molecule has 0 radical (unpaired) electrons. The van der Waals surface area contributed by atoms with Gasteiger partial charge in [-0.3, -0.25) is 9.48 Å². The lowest BCUT2D eigenvalue weighted by molar-refractivity contribution is -0.136. The Kier molecular flexibility index (Phi) is 6.55. The zero-order valence-electron chi connectivity index (χ0n) is 22.3. The quantitative estimate of drug-likeness (QED) is 0.549. The van der Waals surface area contributed by atoms with Gasteiger partial charge in [0.1, 0.15) is 12.0 Å². The van der Waals surface area contributed by atoms with Crippen molar-refractivity contribution in [2.45, 2.75) is 72.4 Å². The molecule has 1 atom stereocenters. The predicted molar refractivity (Wildman–Crippen MR) is 143 cm³/mol. The SMILES string of the molecule is C=CC(=O)N1CC2(CCN(c3nc4c(c(NC(CCC(C)C)n5cccn5)n3)CCC(C)(C)C4)C2)C1. The second-order valence-corrected chi connectivity index (χ2v) is 12.3. The Balaban J connectivity index is 1.42. The van der Waals surface area contributed by atoms with Crippen molar-refractivity contribution in [3.05, 3.63) is 42.4 Å². The van der Waals surface area contributed by atoms with Crippen LogP contribution >= 0.6 is 0 Å². The van der Waals surface area contributed by atoms with E-state index in [0.717, 1.165) is 76.5 Å². The fourth-order valence-electron chi connectivity index (χ4n) is 5.99. The molecule has 2 aromatic heterocycles. The number of fused-ring (bicyclic) bond motifs is 1. The third kappa shape index (κ3) is 5.00. The molecule has 0 aromatic carbocycles. The summed E-state index contributed by atoms with van der Waals surface area (Å²) in [6.07, 6.45) is 11.6. The number of nitrogens with one attached hydrogen (secondary N) is 1. The van der Waals surface area contributed by atoms with E-state index in [1.54, 1.807) is 0 Å². The Hall–Kier alpha value is -2.90. The molecule has 3 aliphatic rings. The zero-order chi connectivity index (χ0) is 25.5. The van der Waals surface area contributed by atoms with Crippen molar-refractivity contribution in [1.29, 1.82) is 0 Å². The standard InChI is InChI=1S/C28H41N7O/c1-6-24(36)34-18-28(19-34)12-15-33(17-28)26-30-22-16-27(4,5)11-10-21(22)25(32-26)31-23(9-8-20(2)3)35-14-7-13-29-35/h6-7,13-14,20,23H,1,8-12,15-19H2,2-5H3,(H,30,31,32). The van der Waals surface area contributed by atoms with E-state index in [1.807, 2.05) is 28.0 Å². The number of amides is 1. The second-order valence-electron chi connectivity index (χ2n) is 12.3. The number of rotatable bonds is 8. The van der Waals surface area contributed by atoms with Gasteiger partial charge in [-0.05, 0) is 62.0 Å². The van der Waals surface area contributed by atoms with Crippen LogP contribution in [0.15, 0.2) is 31.1 Å². The predicted octanol–water partition coefficient (Wildman–Crippen LogP) is 4.46.